The van der Waals surface area contributed by atoms with Crippen molar-refractivity contribution in [1.82, 2.24) is 4.90 Å². The van der Waals surface area contributed by atoms with Crippen LogP contribution in [0.3, 0.4) is 0 Å². The van der Waals surface area contributed by atoms with Crippen LogP contribution >= 0.6 is 12.2 Å². The van der Waals surface area contributed by atoms with Crippen LogP contribution < -0.4 is 10.5 Å². The van der Waals surface area contributed by atoms with E-state index in [4.69, 9.17) is 22.7 Å². The summed E-state index contributed by atoms with van der Waals surface area (Å²) < 4.78 is 5.63. The lowest BCUT2D eigenvalue weighted by Gasteiger charge is -2.14. The lowest BCUT2D eigenvalue weighted by atomic mass is 10.1. The van der Waals surface area contributed by atoms with Gasteiger partial charge in [0.25, 0.3) is 0 Å². The molecule has 1 rings (SSSR count). The van der Waals surface area contributed by atoms with E-state index in [9.17, 15) is 0 Å². The van der Waals surface area contributed by atoms with Crippen molar-refractivity contribution in [3.8, 4) is 5.75 Å². The molecule has 0 aliphatic rings. The van der Waals surface area contributed by atoms with Crippen LogP contribution in [0.15, 0.2) is 24.3 Å². The van der Waals surface area contributed by atoms with Crippen molar-refractivity contribution >= 4 is 17.2 Å². The molecule has 0 atom stereocenters. The SMILES string of the molecule is CCN(C)CCOc1ccc(CC(N)=S)cc1. The number of hydrogen-bond acceptors (Lipinski definition) is 3. The maximum Gasteiger partial charge on any atom is 0.119 e. The Morgan fingerprint density at radius 3 is 2.53 bits per heavy atom. The third-order valence-corrected chi connectivity index (χ3v) is 2.73. The van der Waals surface area contributed by atoms with E-state index < -0.39 is 0 Å². The van der Waals surface area contributed by atoms with E-state index in [0.717, 1.165) is 24.4 Å². The molecule has 0 unspecified atom stereocenters. The quantitative estimate of drug-likeness (QED) is 0.752. The number of ether oxygens (including phenoxy) is 1. The van der Waals surface area contributed by atoms with Crippen LogP contribution in [0.25, 0.3) is 0 Å². The van der Waals surface area contributed by atoms with Gasteiger partial charge in [-0.3, -0.25) is 0 Å². The van der Waals surface area contributed by atoms with E-state index in [1.807, 2.05) is 24.3 Å². The maximum atomic E-state index is 5.63. The van der Waals surface area contributed by atoms with Gasteiger partial charge in [-0.05, 0) is 31.3 Å². The maximum absolute atomic E-state index is 5.63. The Hall–Kier alpha value is -1.13. The highest BCUT2D eigenvalue weighted by Crippen LogP contribution is 2.12. The normalized spacial score (nSPS) is 10.5. The van der Waals surface area contributed by atoms with Gasteiger partial charge in [0, 0.05) is 13.0 Å². The molecule has 4 heteroatoms. The monoisotopic (exact) mass is 252 g/mol. The van der Waals surface area contributed by atoms with E-state index in [-0.39, 0.29) is 0 Å². The molecule has 94 valence electrons. The van der Waals surface area contributed by atoms with Gasteiger partial charge in [0.15, 0.2) is 0 Å². The molecule has 0 amide bonds. The van der Waals surface area contributed by atoms with E-state index in [1.165, 1.54) is 0 Å². The molecule has 0 fully saturated rings. The largest absolute Gasteiger partial charge is 0.492 e. The van der Waals surface area contributed by atoms with Crippen molar-refractivity contribution in [2.45, 2.75) is 13.3 Å². The van der Waals surface area contributed by atoms with Crippen molar-refractivity contribution in [1.29, 1.82) is 0 Å². The second-order valence-corrected chi connectivity index (χ2v) is 4.56. The first-order chi connectivity index (χ1) is 8.11. The van der Waals surface area contributed by atoms with Gasteiger partial charge < -0.3 is 15.4 Å². The van der Waals surface area contributed by atoms with Crippen LogP contribution in [0.5, 0.6) is 5.75 Å². The summed E-state index contributed by atoms with van der Waals surface area (Å²) in [5.74, 6) is 0.890. The molecule has 0 radical (unpaired) electrons. The number of hydrogen-bond donors (Lipinski definition) is 1. The minimum atomic E-state index is 0.517. The zero-order valence-corrected chi connectivity index (χ0v) is 11.3. The van der Waals surface area contributed by atoms with Gasteiger partial charge in [-0.2, -0.15) is 0 Å². The summed E-state index contributed by atoms with van der Waals surface area (Å²) in [6.45, 7) is 4.81. The fraction of sp³-hybridized carbons (Fsp3) is 0.462. The van der Waals surface area contributed by atoms with Gasteiger partial charge in [-0.1, -0.05) is 31.3 Å². The summed E-state index contributed by atoms with van der Waals surface area (Å²) in [6.07, 6.45) is 0.647. The molecule has 0 saturated carbocycles. The number of nitrogens with two attached hydrogens (primary N) is 1. The Bertz CT molecular complexity index is 351. The minimum Gasteiger partial charge on any atom is -0.492 e. The van der Waals surface area contributed by atoms with Crippen LogP contribution in [0.1, 0.15) is 12.5 Å². The molecule has 0 aliphatic carbocycles. The highest BCUT2D eigenvalue weighted by molar-refractivity contribution is 7.80. The predicted octanol–water partition coefficient (Wildman–Crippen LogP) is 1.85. The first-order valence-corrected chi connectivity index (χ1v) is 6.21. The number of rotatable bonds is 7. The van der Waals surface area contributed by atoms with Crippen LogP contribution in [0.4, 0.5) is 0 Å². The Kier molecular flexibility index (Phi) is 5.94. The fourth-order valence-electron chi connectivity index (χ4n) is 1.38. The molecule has 1 aromatic rings. The van der Waals surface area contributed by atoms with Crippen molar-refractivity contribution < 1.29 is 4.74 Å². The van der Waals surface area contributed by atoms with Crippen LogP contribution in [-0.4, -0.2) is 36.6 Å². The van der Waals surface area contributed by atoms with Crippen LogP contribution in [-0.2, 0) is 6.42 Å². The first-order valence-electron chi connectivity index (χ1n) is 5.80. The molecule has 0 heterocycles. The molecule has 2 N–H and O–H groups in total. The summed E-state index contributed by atoms with van der Waals surface area (Å²) in [7, 11) is 2.08. The van der Waals surface area contributed by atoms with Gasteiger partial charge in [-0.15, -0.1) is 0 Å². The Balaban J connectivity index is 2.37. The molecular formula is C13H20N2OS. The van der Waals surface area contributed by atoms with E-state index in [2.05, 4.69) is 18.9 Å². The van der Waals surface area contributed by atoms with E-state index >= 15 is 0 Å². The molecule has 0 bridgehead atoms. The summed E-state index contributed by atoms with van der Waals surface area (Å²) in [5, 5.41) is 0. The Morgan fingerprint density at radius 1 is 1.35 bits per heavy atom. The molecule has 1 aromatic carbocycles. The highest BCUT2D eigenvalue weighted by atomic mass is 32.1. The Labute approximate surface area is 109 Å². The van der Waals surface area contributed by atoms with Crippen LogP contribution in [0.2, 0.25) is 0 Å². The minimum absolute atomic E-state index is 0.517. The highest BCUT2D eigenvalue weighted by Gasteiger charge is 1.98. The van der Waals surface area contributed by atoms with E-state index in [0.29, 0.717) is 18.0 Å². The average molecular weight is 252 g/mol. The lowest BCUT2D eigenvalue weighted by molar-refractivity contribution is 0.244. The Morgan fingerprint density at radius 2 is 2.00 bits per heavy atom. The summed E-state index contributed by atoms with van der Waals surface area (Å²) in [6, 6.07) is 7.91. The van der Waals surface area contributed by atoms with Gasteiger partial charge in [0.1, 0.15) is 12.4 Å². The standard InChI is InChI=1S/C13H20N2OS/c1-3-15(2)8-9-16-12-6-4-11(5-7-12)10-13(14)17/h4-7H,3,8-10H2,1-2H3,(H2,14,17). The number of likely N-dealkylation sites (N-methyl/N-ethyl adjacent to an activating group) is 1. The fourth-order valence-corrected chi connectivity index (χ4v) is 1.55. The molecule has 17 heavy (non-hydrogen) atoms. The molecular weight excluding hydrogens is 232 g/mol. The molecule has 0 saturated heterocycles. The first kappa shape index (κ1) is 13.9. The van der Waals surface area contributed by atoms with Gasteiger partial charge in [0.05, 0.1) is 4.99 Å². The summed E-state index contributed by atoms with van der Waals surface area (Å²) >= 11 is 4.86. The third-order valence-electron chi connectivity index (χ3n) is 2.58. The summed E-state index contributed by atoms with van der Waals surface area (Å²) in [4.78, 5) is 2.73. The predicted molar refractivity (Wildman–Crippen MR) is 75.6 cm³/mol. The lowest BCUT2D eigenvalue weighted by Crippen LogP contribution is -2.23. The van der Waals surface area contributed by atoms with Gasteiger partial charge in [0.2, 0.25) is 0 Å². The summed E-state index contributed by atoms with van der Waals surface area (Å²) in [5.41, 5.74) is 6.61. The number of benzene rings is 1. The molecule has 0 spiro atoms. The molecule has 3 nitrogen and oxygen atoms in total. The van der Waals surface area contributed by atoms with Crippen molar-refractivity contribution in [3.63, 3.8) is 0 Å². The van der Waals surface area contributed by atoms with Gasteiger partial charge >= 0.3 is 0 Å². The zero-order chi connectivity index (χ0) is 12.7. The number of nitrogens with zero attached hydrogens (tertiary/aromatic N) is 1. The zero-order valence-electron chi connectivity index (χ0n) is 10.5. The van der Waals surface area contributed by atoms with Crippen molar-refractivity contribution in [3.05, 3.63) is 29.8 Å². The van der Waals surface area contributed by atoms with E-state index in [1.54, 1.807) is 0 Å². The van der Waals surface area contributed by atoms with Crippen molar-refractivity contribution in [2.24, 2.45) is 5.73 Å². The van der Waals surface area contributed by atoms with Crippen LogP contribution in [0, 0.1) is 0 Å². The van der Waals surface area contributed by atoms with Gasteiger partial charge in [-0.25, -0.2) is 0 Å². The average Bonchev–Trinajstić information content (AvgIpc) is 2.30. The second kappa shape index (κ2) is 7.25. The second-order valence-electron chi connectivity index (χ2n) is 4.03. The van der Waals surface area contributed by atoms with Crippen molar-refractivity contribution in [2.75, 3.05) is 26.7 Å². The molecule has 0 aromatic heterocycles. The third kappa shape index (κ3) is 5.65. The molecule has 0 aliphatic heterocycles. The number of thiocarbonyl (C=S) groups is 1. The smallest absolute Gasteiger partial charge is 0.119 e. The topological polar surface area (TPSA) is 38.5 Å².